The maximum Gasteiger partial charge on any atom is 0.231 e. The van der Waals surface area contributed by atoms with Gasteiger partial charge >= 0.3 is 0 Å². The number of halogens is 1. The first-order chi connectivity index (χ1) is 7.88. The zero-order valence-electron chi connectivity index (χ0n) is 9.87. The first-order valence-electron chi connectivity index (χ1n) is 5.24. The Morgan fingerprint density at radius 2 is 2.12 bits per heavy atom. The largest absolute Gasteiger partial charge is 0.354 e. The van der Waals surface area contributed by atoms with Crippen molar-refractivity contribution >= 4 is 38.6 Å². The van der Waals surface area contributed by atoms with Gasteiger partial charge in [0.1, 0.15) is 0 Å². The molecule has 0 unspecified atom stereocenters. The van der Waals surface area contributed by atoms with Gasteiger partial charge in [-0.15, -0.1) is 0 Å². The van der Waals surface area contributed by atoms with Gasteiger partial charge in [0.25, 0.3) is 0 Å². The summed E-state index contributed by atoms with van der Waals surface area (Å²) < 4.78 is 6.06. The molecule has 17 heavy (non-hydrogen) atoms. The SMILES string of the molecule is CC(C)(C)C(=O)Nc1noc2cc(Br)ccc12. The Kier molecular flexibility index (Phi) is 2.95. The summed E-state index contributed by atoms with van der Waals surface area (Å²) in [6.45, 7) is 5.55. The number of nitrogens with zero attached hydrogens (tertiary/aromatic N) is 1. The summed E-state index contributed by atoms with van der Waals surface area (Å²) in [6.07, 6.45) is 0. The molecular weight excluding hydrogens is 284 g/mol. The molecule has 1 heterocycles. The fourth-order valence-electron chi connectivity index (χ4n) is 1.30. The average molecular weight is 297 g/mol. The maximum atomic E-state index is 11.8. The number of hydrogen-bond acceptors (Lipinski definition) is 3. The number of hydrogen-bond donors (Lipinski definition) is 1. The van der Waals surface area contributed by atoms with Crippen molar-refractivity contribution in [1.29, 1.82) is 0 Å². The summed E-state index contributed by atoms with van der Waals surface area (Å²) in [5.74, 6) is 0.378. The van der Waals surface area contributed by atoms with E-state index in [1.54, 1.807) is 0 Å². The molecule has 2 rings (SSSR count). The number of carbonyl (C=O) groups excluding carboxylic acids is 1. The van der Waals surface area contributed by atoms with Crippen LogP contribution in [0.15, 0.2) is 27.2 Å². The van der Waals surface area contributed by atoms with E-state index in [0.717, 1.165) is 9.86 Å². The Labute approximate surface area is 107 Å². The van der Waals surface area contributed by atoms with Gasteiger partial charge in [-0.25, -0.2) is 0 Å². The first kappa shape index (κ1) is 12.1. The summed E-state index contributed by atoms with van der Waals surface area (Å²) >= 11 is 3.35. The lowest BCUT2D eigenvalue weighted by atomic mass is 9.96. The van der Waals surface area contributed by atoms with Gasteiger partial charge in [0.2, 0.25) is 5.91 Å². The molecule has 1 N–H and O–H groups in total. The summed E-state index contributed by atoms with van der Waals surface area (Å²) in [4.78, 5) is 11.8. The molecule has 1 aromatic carbocycles. The Hall–Kier alpha value is -1.36. The number of nitrogens with one attached hydrogen (secondary N) is 1. The lowest BCUT2D eigenvalue weighted by molar-refractivity contribution is -0.123. The van der Waals surface area contributed by atoms with Gasteiger partial charge in [-0.1, -0.05) is 41.9 Å². The molecule has 1 amide bonds. The van der Waals surface area contributed by atoms with Gasteiger partial charge in [-0.2, -0.15) is 0 Å². The highest BCUT2D eigenvalue weighted by atomic mass is 79.9. The number of benzene rings is 1. The van der Waals surface area contributed by atoms with Crippen LogP contribution in [0.3, 0.4) is 0 Å². The average Bonchev–Trinajstić information content (AvgIpc) is 2.59. The normalized spacial score (nSPS) is 11.8. The highest BCUT2D eigenvalue weighted by Gasteiger charge is 2.23. The maximum absolute atomic E-state index is 11.8. The quantitative estimate of drug-likeness (QED) is 0.875. The van der Waals surface area contributed by atoms with Crippen LogP contribution in [0.5, 0.6) is 0 Å². The van der Waals surface area contributed by atoms with Crippen LogP contribution in [0.2, 0.25) is 0 Å². The third-order valence-corrected chi connectivity index (χ3v) is 2.84. The second-order valence-electron chi connectivity index (χ2n) is 4.88. The molecule has 90 valence electrons. The lowest BCUT2D eigenvalue weighted by Gasteiger charge is -2.16. The van der Waals surface area contributed by atoms with Crippen molar-refractivity contribution in [2.75, 3.05) is 5.32 Å². The van der Waals surface area contributed by atoms with E-state index in [0.29, 0.717) is 11.4 Å². The fourth-order valence-corrected chi connectivity index (χ4v) is 1.64. The summed E-state index contributed by atoms with van der Waals surface area (Å²) in [5, 5.41) is 7.42. The topological polar surface area (TPSA) is 55.1 Å². The molecule has 0 saturated carbocycles. The van der Waals surface area contributed by atoms with Gasteiger partial charge in [-0.3, -0.25) is 4.79 Å². The van der Waals surface area contributed by atoms with Gasteiger partial charge in [0, 0.05) is 9.89 Å². The Morgan fingerprint density at radius 3 is 2.76 bits per heavy atom. The van der Waals surface area contributed by atoms with Crippen LogP contribution in [-0.4, -0.2) is 11.1 Å². The van der Waals surface area contributed by atoms with E-state index in [1.165, 1.54) is 0 Å². The van der Waals surface area contributed by atoms with Crippen molar-refractivity contribution in [3.05, 3.63) is 22.7 Å². The lowest BCUT2D eigenvalue weighted by Crippen LogP contribution is -2.27. The van der Waals surface area contributed by atoms with E-state index < -0.39 is 5.41 Å². The van der Waals surface area contributed by atoms with E-state index in [2.05, 4.69) is 26.4 Å². The molecule has 0 bridgehead atoms. The Balaban J connectivity index is 2.35. The fraction of sp³-hybridized carbons (Fsp3) is 0.333. The summed E-state index contributed by atoms with van der Waals surface area (Å²) in [7, 11) is 0. The molecule has 5 heteroatoms. The third-order valence-electron chi connectivity index (χ3n) is 2.35. The molecule has 0 aliphatic heterocycles. The predicted molar refractivity (Wildman–Crippen MR) is 69.8 cm³/mol. The van der Waals surface area contributed by atoms with Crippen molar-refractivity contribution in [3.63, 3.8) is 0 Å². The monoisotopic (exact) mass is 296 g/mol. The van der Waals surface area contributed by atoms with Crippen LogP contribution in [0.4, 0.5) is 5.82 Å². The van der Waals surface area contributed by atoms with Crippen molar-refractivity contribution in [2.45, 2.75) is 20.8 Å². The van der Waals surface area contributed by atoms with Gasteiger partial charge in [0.05, 0.1) is 5.39 Å². The minimum Gasteiger partial charge on any atom is -0.354 e. The van der Waals surface area contributed by atoms with Crippen LogP contribution in [0.1, 0.15) is 20.8 Å². The second-order valence-corrected chi connectivity index (χ2v) is 5.79. The molecule has 2 aromatic rings. The van der Waals surface area contributed by atoms with Crippen LogP contribution in [0.25, 0.3) is 11.0 Å². The molecular formula is C12H13BrN2O2. The molecule has 0 spiro atoms. The first-order valence-corrected chi connectivity index (χ1v) is 6.03. The number of rotatable bonds is 1. The summed E-state index contributed by atoms with van der Waals surface area (Å²) in [6, 6.07) is 5.55. The van der Waals surface area contributed by atoms with Crippen LogP contribution in [-0.2, 0) is 4.79 Å². The number of amides is 1. The number of aromatic nitrogens is 1. The van der Waals surface area contributed by atoms with Gasteiger partial charge < -0.3 is 9.84 Å². The molecule has 1 aromatic heterocycles. The van der Waals surface area contributed by atoms with E-state index in [9.17, 15) is 4.79 Å². The van der Waals surface area contributed by atoms with Gasteiger partial charge in [0.15, 0.2) is 11.4 Å². The molecule has 0 aliphatic carbocycles. The number of fused-ring (bicyclic) bond motifs is 1. The number of anilines is 1. The third kappa shape index (κ3) is 2.49. The minimum absolute atomic E-state index is 0.0874. The zero-order valence-corrected chi connectivity index (χ0v) is 11.5. The van der Waals surface area contributed by atoms with E-state index in [1.807, 2.05) is 39.0 Å². The highest BCUT2D eigenvalue weighted by Crippen LogP contribution is 2.27. The minimum atomic E-state index is -0.458. The zero-order chi connectivity index (χ0) is 12.6. The Morgan fingerprint density at radius 1 is 1.41 bits per heavy atom. The molecule has 0 radical (unpaired) electrons. The van der Waals surface area contributed by atoms with Crippen molar-refractivity contribution in [2.24, 2.45) is 5.41 Å². The molecule has 0 aliphatic rings. The standard InChI is InChI=1S/C12H13BrN2O2/c1-12(2,3)11(16)14-10-8-5-4-7(13)6-9(8)17-15-10/h4-6H,1-3H3,(H,14,15,16). The highest BCUT2D eigenvalue weighted by molar-refractivity contribution is 9.10. The van der Waals surface area contributed by atoms with Crippen LogP contribution in [0, 0.1) is 5.41 Å². The van der Waals surface area contributed by atoms with Crippen LogP contribution < -0.4 is 5.32 Å². The van der Waals surface area contributed by atoms with E-state index in [4.69, 9.17) is 4.52 Å². The van der Waals surface area contributed by atoms with Crippen molar-refractivity contribution in [3.8, 4) is 0 Å². The molecule has 0 saturated heterocycles. The second kappa shape index (κ2) is 4.14. The van der Waals surface area contributed by atoms with Crippen molar-refractivity contribution < 1.29 is 9.32 Å². The molecule has 4 nitrogen and oxygen atoms in total. The van der Waals surface area contributed by atoms with E-state index >= 15 is 0 Å². The molecule has 0 atom stereocenters. The van der Waals surface area contributed by atoms with E-state index in [-0.39, 0.29) is 5.91 Å². The predicted octanol–water partition coefficient (Wildman–Crippen LogP) is 3.57. The molecule has 0 fully saturated rings. The summed E-state index contributed by atoms with van der Waals surface area (Å²) in [5.41, 5.74) is 0.185. The Bertz CT molecular complexity index is 569. The van der Waals surface area contributed by atoms with Crippen LogP contribution >= 0.6 is 15.9 Å². The van der Waals surface area contributed by atoms with Crippen molar-refractivity contribution in [1.82, 2.24) is 5.16 Å². The smallest absolute Gasteiger partial charge is 0.231 e. The number of carbonyl (C=O) groups is 1. The van der Waals surface area contributed by atoms with Gasteiger partial charge in [-0.05, 0) is 18.2 Å².